The van der Waals surface area contributed by atoms with Crippen LogP contribution in [0.15, 0.2) is 0 Å². The maximum absolute atomic E-state index is 11.1. The number of hydrogen-bond acceptors (Lipinski definition) is 2. The second-order valence-electron chi connectivity index (χ2n) is 3.93. The quantitative estimate of drug-likeness (QED) is 0.700. The fourth-order valence-corrected chi connectivity index (χ4v) is 2.26. The molecule has 13 heavy (non-hydrogen) atoms. The van der Waals surface area contributed by atoms with Crippen LogP contribution in [0.4, 0.5) is 0 Å². The summed E-state index contributed by atoms with van der Waals surface area (Å²) in [6.07, 6.45) is 3.73. The Balaban J connectivity index is 2.65. The number of aliphatic carboxylic acids is 1. The van der Waals surface area contributed by atoms with Gasteiger partial charge in [0, 0.05) is 0 Å². The van der Waals surface area contributed by atoms with Crippen LogP contribution in [0.1, 0.15) is 39.5 Å². The minimum absolute atomic E-state index is 0.593. The predicted molar refractivity (Wildman–Crippen MR) is 51.7 cm³/mol. The van der Waals surface area contributed by atoms with Gasteiger partial charge in [0.2, 0.25) is 0 Å². The van der Waals surface area contributed by atoms with Crippen LogP contribution in [0.2, 0.25) is 0 Å². The zero-order chi connectivity index (χ0) is 9.90. The zero-order valence-electron chi connectivity index (χ0n) is 8.47. The van der Waals surface area contributed by atoms with Crippen LogP contribution in [0.25, 0.3) is 0 Å². The lowest BCUT2D eigenvalue weighted by atomic mass is 9.95. The average molecular weight is 185 g/mol. The summed E-state index contributed by atoms with van der Waals surface area (Å²) in [6, 6.07) is 0. The lowest BCUT2D eigenvalue weighted by Crippen LogP contribution is -2.50. The van der Waals surface area contributed by atoms with Gasteiger partial charge in [-0.25, -0.2) is 0 Å². The van der Waals surface area contributed by atoms with Gasteiger partial charge in [0.15, 0.2) is 0 Å². The van der Waals surface area contributed by atoms with Gasteiger partial charge in [0.25, 0.3) is 0 Å². The molecule has 0 heterocycles. The lowest BCUT2D eigenvalue weighted by molar-refractivity contribution is -0.144. The third-order valence-electron chi connectivity index (χ3n) is 3.12. The Morgan fingerprint density at radius 2 is 2.31 bits per heavy atom. The molecule has 2 unspecified atom stereocenters. The lowest BCUT2D eigenvalue weighted by Gasteiger charge is -2.25. The summed E-state index contributed by atoms with van der Waals surface area (Å²) in [5.41, 5.74) is -0.616. The molecule has 3 heteroatoms. The van der Waals surface area contributed by atoms with E-state index in [0.717, 1.165) is 32.2 Å². The van der Waals surface area contributed by atoms with Crippen LogP contribution in [-0.2, 0) is 4.79 Å². The number of carboxylic acids is 1. The molecule has 0 spiro atoms. The molecule has 1 rings (SSSR count). The van der Waals surface area contributed by atoms with Crippen molar-refractivity contribution in [2.75, 3.05) is 6.54 Å². The van der Waals surface area contributed by atoms with Gasteiger partial charge in [-0.05, 0) is 31.7 Å². The van der Waals surface area contributed by atoms with Crippen LogP contribution in [0, 0.1) is 5.92 Å². The first-order valence-corrected chi connectivity index (χ1v) is 5.13. The van der Waals surface area contributed by atoms with Gasteiger partial charge >= 0.3 is 5.97 Å². The smallest absolute Gasteiger partial charge is 0.323 e. The van der Waals surface area contributed by atoms with E-state index >= 15 is 0 Å². The topological polar surface area (TPSA) is 49.3 Å². The van der Waals surface area contributed by atoms with Crippen molar-refractivity contribution in [3.05, 3.63) is 0 Å². The Morgan fingerprint density at radius 3 is 2.69 bits per heavy atom. The van der Waals surface area contributed by atoms with Gasteiger partial charge in [-0.3, -0.25) is 4.79 Å². The van der Waals surface area contributed by atoms with Crippen LogP contribution in [0.3, 0.4) is 0 Å². The molecule has 0 aromatic heterocycles. The summed E-state index contributed by atoms with van der Waals surface area (Å²) in [5, 5.41) is 12.3. The fraction of sp³-hybridized carbons (Fsp3) is 0.900. The number of carboxylic acid groups (broad SMARTS) is 1. The maximum Gasteiger partial charge on any atom is 0.323 e. The average Bonchev–Trinajstić information content (AvgIpc) is 2.50. The number of likely N-dealkylation sites (N-methyl/N-ethyl adjacent to an activating group) is 1. The fourth-order valence-electron chi connectivity index (χ4n) is 2.26. The summed E-state index contributed by atoms with van der Waals surface area (Å²) in [5.74, 6) is -0.0829. The van der Waals surface area contributed by atoms with E-state index in [1.807, 2.05) is 6.92 Å². The van der Waals surface area contributed by atoms with E-state index in [0.29, 0.717) is 5.92 Å². The third kappa shape index (κ3) is 2.02. The van der Waals surface area contributed by atoms with Crippen molar-refractivity contribution in [3.63, 3.8) is 0 Å². The van der Waals surface area contributed by atoms with Gasteiger partial charge in [0.05, 0.1) is 0 Å². The molecule has 0 aromatic carbocycles. The number of rotatable bonds is 4. The van der Waals surface area contributed by atoms with Crippen LogP contribution < -0.4 is 5.32 Å². The van der Waals surface area contributed by atoms with Crippen LogP contribution >= 0.6 is 0 Å². The normalized spacial score (nSPS) is 33.5. The monoisotopic (exact) mass is 185 g/mol. The highest BCUT2D eigenvalue weighted by Crippen LogP contribution is 2.36. The molecular formula is C10H19NO2. The van der Waals surface area contributed by atoms with E-state index in [1.54, 1.807) is 0 Å². The van der Waals surface area contributed by atoms with Crippen LogP contribution in [0.5, 0.6) is 0 Å². The Kier molecular flexibility index (Phi) is 3.31. The largest absolute Gasteiger partial charge is 0.480 e. The van der Waals surface area contributed by atoms with Gasteiger partial charge in [-0.2, -0.15) is 0 Å². The van der Waals surface area contributed by atoms with Gasteiger partial charge in [0.1, 0.15) is 5.54 Å². The Labute approximate surface area is 79.5 Å². The van der Waals surface area contributed by atoms with E-state index in [1.165, 1.54) is 0 Å². The highest BCUT2D eigenvalue weighted by Gasteiger charge is 2.43. The summed E-state index contributed by atoms with van der Waals surface area (Å²) in [6.45, 7) is 4.83. The molecule has 0 amide bonds. The molecule has 1 fully saturated rings. The second kappa shape index (κ2) is 4.09. The molecule has 0 radical (unpaired) electrons. The molecule has 3 nitrogen and oxygen atoms in total. The predicted octanol–water partition coefficient (Wildman–Crippen LogP) is 1.63. The molecule has 2 atom stereocenters. The molecular weight excluding hydrogens is 166 g/mol. The Bertz CT molecular complexity index is 193. The third-order valence-corrected chi connectivity index (χ3v) is 3.12. The first kappa shape index (κ1) is 10.5. The summed E-state index contributed by atoms with van der Waals surface area (Å²) in [7, 11) is 0. The van der Waals surface area contributed by atoms with Crippen molar-refractivity contribution in [3.8, 4) is 0 Å². The van der Waals surface area contributed by atoms with Crippen molar-refractivity contribution in [2.45, 2.75) is 45.1 Å². The molecule has 76 valence electrons. The Hall–Kier alpha value is -0.570. The minimum Gasteiger partial charge on any atom is -0.480 e. The van der Waals surface area contributed by atoms with Crippen molar-refractivity contribution in [1.29, 1.82) is 0 Å². The molecule has 0 aromatic rings. The molecule has 1 saturated carbocycles. The Morgan fingerprint density at radius 1 is 1.62 bits per heavy atom. The minimum atomic E-state index is -0.676. The van der Waals surface area contributed by atoms with E-state index in [9.17, 15) is 4.79 Å². The standard InChI is InChI=1S/C10H19NO2/c1-3-8-5-6-10(7-8,9(12)13)11-4-2/h8,11H,3-7H2,1-2H3,(H,12,13). The summed E-state index contributed by atoms with van der Waals surface area (Å²) >= 11 is 0. The number of hydrogen-bond donors (Lipinski definition) is 2. The molecule has 0 saturated heterocycles. The molecule has 1 aliphatic rings. The first-order chi connectivity index (χ1) is 6.14. The van der Waals surface area contributed by atoms with E-state index in [2.05, 4.69) is 12.2 Å². The van der Waals surface area contributed by atoms with Gasteiger partial charge < -0.3 is 10.4 Å². The second-order valence-corrected chi connectivity index (χ2v) is 3.93. The van der Waals surface area contributed by atoms with E-state index in [-0.39, 0.29) is 0 Å². The first-order valence-electron chi connectivity index (χ1n) is 5.13. The van der Waals surface area contributed by atoms with E-state index < -0.39 is 11.5 Å². The van der Waals surface area contributed by atoms with Crippen LogP contribution in [-0.4, -0.2) is 23.2 Å². The van der Waals surface area contributed by atoms with Crippen molar-refractivity contribution >= 4 is 5.97 Å². The number of nitrogens with one attached hydrogen (secondary N) is 1. The van der Waals surface area contributed by atoms with E-state index in [4.69, 9.17) is 5.11 Å². The maximum atomic E-state index is 11.1. The number of carbonyl (C=O) groups is 1. The summed E-state index contributed by atoms with van der Waals surface area (Å²) in [4.78, 5) is 11.1. The molecule has 0 bridgehead atoms. The highest BCUT2D eigenvalue weighted by molar-refractivity contribution is 5.79. The van der Waals surface area contributed by atoms with Crippen molar-refractivity contribution < 1.29 is 9.90 Å². The molecule has 1 aliphatic carbocycles. The summed E-state index contributed by atoms with van der Waals surface area (Å²) < 4.78 is 0. The molecule has 2 N–H and O–H groups in total. The molecule has 0 aliphatic heterocycles. The van der Waals surface area contributed by atoms with Gasteiger partial charge in [-0.15, -0.1) is 0 Å². The van der Waals surface area contributed by atoms with Crippen molar-refractivity contribution in [2.24, 2.45) is 5.92 Å². The van der Waals surface area contributed by atoms with Gasteiger partial charge in [-0.1, -0.05) is 20.3 Å². The zero-order valence-corrected chi connectivity index (χ0v) is 8.47. The SMILES string of the molecule is CCNC1(C(=O)O)CCC(CC)C1. The highest BCUT2D eigenvalue weighted by atomic mass is 16.4. The van der Waals surface area contributed by atoms with Crippen molar-refractivity contribution in [1.82, 2.24) is 5.32 Å².